The molecular formula is C14H19F2NO2S. The topological polar surface area (TPSA) is 49.3 Å². The van der Waals surface area contributed by atoms with Crippen molar-refractivity contribution in [1.82, 2.24) is 5.32 Å². The van der Waals surface area contributed by atoms with Gasteiger partial charge in [0.25, 0.3) is 0 Å². The molecule has 0 spiro atoms. The van der Waals surface area contributed by atoms with Gasteiger partial charge >= 0.3 is 0 Å². The average molecular weight is 303 g/mol. The summed E-state index contributed by atoms with van der Waals surface area (Å²) in [4.78, 5) is 12.3. The number of halogens is 2. The molecule has 0 aliphatic heterocycles. The summed E-state index contributed by atoms with van der Waals surface area (Å²) >= 11 is 1.10. The van der Waals surface area contributed by atoms with E-state index in [0.29, 0.717) is 4.90 Å². The second-order valence-corrected chi connectivity index (χ2v) is 6.65. The van der Waals surface area contributed by atoms with Gasteiger partial charge in [0.2, 0.25) is 5.91 Å². The summed E-state index contributed by atoms with van der Waals surface area (Å²) in [6.45, 7) is 6.64. The van der Waals surface area contributed by atoms with Crippen LogP contribution in [-0.4, -0.2) is 27.9 Å². The molecule has 1 amide bonds. The molecule has 0 aliphatic rings. The van der Waals surface area contributed by atoms with Crippen LogP contribution in [0.25, 0.3) is 0 Å². The second kappa shape index (κ2) is 6.10. The van der Waals surface area contributed by atoms with Gasteiger partial charge in [0.15, 0.2) is 11.6 Å². The summed E-state index contributed by atoms with van der Waals surface area (Å²) in [5.74, 6) is -2.08. The molecule has 1 aromatic carbocycles. The van der Waals surface area contributed by atoms with Crippen molar-refractivity contribution in [1.29, 1.82) is 0 Å². The molecular weight excluding hydrogens is 284 g/mol. The van der Waals surface area contributed by atoms with Crippen molar-refractivity contribution in [3.8, 4) is 0 Å². The van der Waals surface area contributed by atoms with Crippen LogP contribution in [0.3, 0.4) is 0 Å². The van der Waals surface area contributed by atoms with Gasteiger partial charge in [-0.15, -0.1) is 11.8 Å². The van der Waals surface area contributed by atoms with Crippen molar-refractivity contribution >= 4 is 17.7 Å². The molecule has 1 aromatic rings. The fourth-order valence-electron chi connectivity index (χ4n) is 1.25. The molecule has 0 heterocycles. The maximum absolute atomic E-state index is 13.0. The first kappa shape index (κ1) is 16.9. The van der Waals surface area contributed by atoms with E-state index in [-0.39, 0.29) is 11.7 Å². The van der Waals surface area contributed by atoms with Crippen LogP contribution in [0.4, 0.5) is 8.78 Å². The van der Waals surface area contributed by atoms with E-state index in [2.05, 4.69) is 5.32 Å². The molecule has 0 bridgehead atoms. The Morgan fingerprint density at radius 1 is 1.25 bits per heavy atom. The Labute approximate surface area is 121 Å². The van der Waals surface area contributed by atoms with Crippen molar-refractivity contribution in [2.75, 3.05) is 5.75 Å². The third kappa shape index (κ3) is 4.45. The van der Waals surface area contributed by atoms with E-state index in [1.807, 2.05) is 0 Å². The lowest BCUT2D eigenvalue weighted by Crippen LogP contribution is -2.58. The van der Waals surface area contributed by atoms with Crippen molar-refractivity contribution in [2.45, 2.75) is 43.7 Å². The summed E-state index contributed by atoms with van der Waals surface area (Å²) in [5.41, 5.74) is -1.87. The zero-order valence-corrected chi connectivity index (χ0v) is 12.8. The monoisotopic (exact) mass is 303 g/mol. The van der Waals surface area contributed by atoms with Gasteiger partial charge in [-0.3, -0.25) is 4.79 Å². The molecule has 0 aromatic heterocycles. The highest BCUT2D eigenvalue weighted by atomic mass is 32.2. The van der Waals surface area contributed by atoms with E-state index in [4.69, 9.17) is 0 Å². The maximum atomic E-state index is 13.0. The van der Waals surface area contributed by atoms with E-state index in [9.17, 15) is 18.7 Å². The molecule has 112 valence electrons. The molecule has 6 heteroatoms. The molecule has 0 atom stereocenters. The number of amides is 1. The molecule has 2 N–H and O–H groups in total. The Balaban J connectivity index is 2.58. The van der Waals surface area contributed by atoms with Crippen molar-refractivity contribution < 1.29 is 18.7 Å². The van der Waals surface area contributed by atoms with Crippen LogP contribution in [0.5, 0.6) is 0 Å². The fraction of sp³-hybridized carbons (Fsp3) is 0.500. The van der Waals surface area contributed by atoms with Gasteiger partial charge in [0.1, 0.15) is 0 Å². The molecule has 0 fully saturated rings. The quantitative estimate of drug-likeness (QED) is 0.822. The smallest absolute Gasteiger partial charge is 0.230 e. The molecule has 3 nitrogen and oxygen atoms in total. The van der Waals surface area contributed by atoms with Gasteiger partial charge in [-0.25, -0.2) is 8.78 Å². The third-order valence-electron chi connectivity index (χ3n) is 3.24. The predicted octanol–water partition coefficient (Wildman–Crippen LogP) is 2.72. The molecule has 0 saturated heterocycles. The number of carbonyl (C=O) groups excluding carboxylic acids is 1. The van der Waals surface area contributed by atoms with Crippen LogP contribution >= 0.6 is 11.8 Å². The summed E-state index contributed by atoms with van der Waals surface area (Å²) in [6.07, 6.45) is 0. The number of benzene rings is 1. The minimum atomic E-state index is -1.07. The average Bonchev–Trinajstić information content (AvgIpc) is 2.28. The van der Waals surface area contributed by atoms with E-state index >= 15 is 0 Å². The Morgan fingerprint density at radius 2 is 1.85 bits per heavy atom. The van der Waals surface area contributed by atoms with Crippen LogP contribution in [0.2, 0.25) is 0 Å². The van der Waals surface area contributed by atoms with Gasteiger partial charge in [-0.1, -0.05) is 0 Å². The number of rotatable bonds is 5. The Kier molecular flexibility index (Phi) is 5.15. The highest BCUT2D eigenvalue weighted by Crippen LogP contribution is 2.23. The zero-order chi connectivity index (χ0) is 15.6. The predicted molar refractivity (Wildman–Crippen MR) is 75.6 cm³/mol. The highest BCUT2D eigenvalue weighted by molar-refractivity contribution is 8.00. The van der Waals surface area contributed by atoms with Crippen molar-refractivity contribution in [2.24, 2.45) is 0 Å². The lowest BCUT2D eigenvalue weighted by molar-refractivity contribution is -0.123. The third-order valence-corrected chi connectivity index (χ3v) is 4.24. The lowest BCUT2D eigenvalue weighted by atomic mass is 9.86. The van der Waals surface area contributed by atoms with Gasteiger partial charge in [0, 0.05) is 4.90 Å². The second-order valence-electron chi connectivity index (χ2n) is 5.60. The first-order valence-corrected chi connectivity index (χ1v) is 7.13. The molecule has 0 aliphatic carbocycles. The molecule has 0 saturated carbocycles. The summed E-state index contributed by atoms with van der Waals surface area (Å²) in [5, 5.41) is 12.6. The van der Waals surface area contributed by atoms with E-state index in [0.717, 1.165) is 23.9 Å². The first-order chi connectivity index (χ1) is 9.03. The normalized spacial score (nSPS) is 12.3. The number of carbonyl (C=O) groups is 1. The van der Waals surface area contributed by atoms with E-state index < -0.39 is 22.8 Å². The van der Waals surface area contributed by atoms with Crippen LogP contribution < -0.4 is 5.32 Å². The number of nitrogens with one attached hydrogen (secondary N) is 1. The lowest BCUT2D eigenvalue weighted by Gasteiger charge is -2.37. The minimum Gasteiger partial charge on any atom is -0.388 e. The molecule has 0 unspecified atom stereocenters. The maximum Gasteiger partial charge on any atom is 0.230 e. The van der Waals surface area contributed by atoms with Gasteiger partial charge in [-0.2, -0.15) is 0 Å². The highest BCUT2D eigenvalue weighted by Gasteiger charge is 2.36. The Bertz CT molecular complexity index is 498. The van der Waals surface area contributed by atoms with Crippen LogP contribution in [-0.2, 0) is 4.79 Å². The largest absolute Gasteiger partial charge is 0.388 e. The van der Waals surface area contributed by atoms with Crippen LogP contribution in [0.1, 0.15) is 27.7 Å². The summed E-state index contributed by atoms with van der Waals surface area (Å²) < 4.78 is 25.8. The Hall–Kier alpha value is -1.14. The summed E-state index contributed by atoms with van der Waals surface area (Å²) in [6, 6.07) is 3.49. The standard InChI is InChI=1S/C14H19F2NO2S/c1-13(2,14(3,4)19)17-12(18)8-20-9-5-6-10(15)11(16)7-9/h5-7,19H,8H2,1-4H3,(H,17,18). The van der Waals surface area contributed by atoms with Gasteiger partial charge in [-0.05, 0) is 45.9 Å². The van der Waals surface area contributed by atoms with E-state index in [1.54, 1.807) is 27.7 Å². The number of hydrogen-bond donors (Lipinski definition) is 2. The molecule has 1 rings (SSSR count). The SMILES string of the molecule is CC(C)(O)C(C)(C)NC(=O)CSc1ccc(F)c(F)c1. The molecule has 20 heavy (non-hydrogen) atoms. The van der Waals surface area contributed by atoms with Gasteiger partial charge in [0.05, 0.1) is 16.9 Å². The van der Waals surface area contributed by atoms with Crippen molar-refractivity contribution in [3.05, 3.63) is 29.8 Å². The Morgan fingerprint density at radius 3 is 2.35 bits per heavy atom. The van der Waals surface area contributed by atoms with E-state index in [1.165, 1.54) is 6.07 Å². The zero-order valence-electron chi connectivity index (χ0n) is 12.0. The van der Waals surface area contributed by atoms with Crippen molar-refractivity contribution in [3.63, 3.8) is 0 Å². The first-order valence-electron chi connectivity index (χ1n) is 6.14. The number of thioether (sulfide) groups is 1. The number of hydrogen-bond acceptors (Lipinski definition) is 3. The minimum absolute atomic E-state index is 0.0601. The van der Waals surface area contributed by atoms with Gasteiger partial charge < -0.3 is 10.4 Å². The van der Waals surface area contributed by atoms with Crippen LogP contribution in [0, 0.1) is 11.6 Å². The number of aliphatic hydroxyl groups is 1. The molecule has 0 radical (unpaired) electrons. The fourth-order valence-corrected chi connectivity index (χ4v) is 1.97. The van der Waals surface area contributed by atoms with Crippen LogP contribution in [0.15, 0.2) is 23.1 Å². The summed E-state index contributed by atoms with van der Waals surface area (Å²) in [7, 11) is 0.